The minimum atomic E-state index is -0.608. The predicted octanol–water partition coefficient (Wildman–Crippen LogP) is 4.58. The standard InChI is InChI=1S/C19H27N3O2S/c1-6-7-8-16-21-22-18(25-16)20-17(23)13(2)24-15-11-9-14(10-12-15)19(3,4)5/h9-13H,6-8H2,1-5H3,(H,20,22,23). The van der Waals surface area contributed by atoms with Crippen LogP contribution in [0.15, 0.2) is 24.3 Å². The van der Waals surface area contributed by atoms with E-state index in [1.165, 1.54) is 16.9 Å². The van der Waals surface area contributed by atoms with Crippen molar-refractivity contribution in [1.29, 1.82) is 0 Å². The third-order valence-electron chi connectivity index (χ3n) is 3.84. The van der Waals surface area contributed by atoms with E-state index in [4.69, 9.17) is 4.74 Å². The van der Waals surface area contributed by atoms with Crippen LogP contribution in [0.25, 0.3) is 0 Å². The second-order valence-corrected chi connectivity index (χ2v) is 8.19. The van der Waals surface area contributed by atoms with Gasteiger partial charge in [-0.15, -0.1) is 10.2 Å². The van der Waals surface area contributed by atoms with Crippen molar-refractivity contribution in [3.05, 3.63) is 34.8 Å². The average molecular weight is 362 g/mol. The van der Waals surface area contributed by atoms with Crippen molar-refractivity contribution in [3.8, 4) is 5.75 Å². The molecule has 0 fully saturated rings. The molecule has 0 aliphatic carbocycles. The van der Waals surface area contributed by atoms with Gasteiger partial charge in [0.15, 0.2) is 6.10 Å². The fraction of sp³-hybridized carbons (Fsp3) is 0.526. The van der Waals surface area contributed by atoms with E-state index in [1.807, 2.05) is 24.3 Å². The van der Waals surface area contributed by atoms with Crippen LogP contribution in [0.3, 0.4) is 0 Å². The van der Waals surface area contributed by atoms with Gasteiger partial charge in [-0.1, -0.05) is 57.6 Å². The monoisotopic (exact) mass is 361 g/mol. The highest BCUT2D eigenvalue weighted by atomic mass is 32.1. The Balaban J connectivity index is 1.90. The van der Waals surface area contributed by atoms with Crippen LogP contribution in [0.1, 0.15) is 58.0 Å². The highest BCUT2D eigenvalue weighted by Crippen LogP contribution is 2.25. The lowest BCUT2D eigenvalue weighted by Crippen LogP contribution is -2.30. The van der Waals surface area contributed by atoms with E-state index in [0.29, 0.717) is 10.9 Å². The first-order chi connectivity index (χ1) is 11.8. The molecule has 0 aliphatic heterocycles. The highest BCUT2D eigenvalue weighted by Gasteiger charge is 2.18. The van der Waals surface area contributed by atoms with Gasteiger partial charge in [0.1, 0.15) is 10.8 Å². The summed E-state index contributed by atoms with van der Waals surface area (Å²) < 4.78 is 5.73. The molecule has 0 radical (unpaired) electrons. The van der Waals surface area contributed by atoms with E-state index in [9.17, 15) is 4.79 Å². The number of aromatic nitrogens is 2. The lowest BCUT2D eigenvalue weighted by atomic mass is 9.87. The molecule has 2 rings (SSSR count). The van der Waals surface area contributed by atoms with Crippen molar-refractivity contribution >= 4 is 22.4 Å². The number of hydrogen-bond acceptors (Lipinski definition) is 5. The Labute approximate surface area is 153 Å². The van der Waals surface area contributed by atoms with Crippen LogP contribution >= 0.6 is 11.3 Å². The van der Waals surface area contributed by atoms with Crippen molar-refractivity contribution in [3.63, 3.8) is 0 Å². The lowest BCUT2D eigenvalue weighted by Gasteiger charge is -2.20. The van der Waals surface area contributed by atoms with Crippen molar-refractivity contribution in [2.45, 2.75) is 65.4 Å². The van der Waals surface area contributed by atoms with Gasteiger partial charge in [-0.3, -0.25) is 10.1 Å². The number of amides is 1. The maximum Gasteiger partial charge on any atom is 0.266 e. The Morgan fingerprint density at radius 2 is 1.92 bits per heavy atom. The number of carbonyl (C=O) groups excluding carboxylic acids is 1. The quantitative estimate of drug-likeness (QED) is 0.784. The van der Waals surface area contributed by atoms with E-state index < -0.39 is 6.10 Å². The second-order valence-electron chi connectivity index (χ2n) is 7.13. The van der Waals surface area contributed by atoms with E-state index in [2.05, 4.69) is 43.2 Å². The lowest BCUT2D eigenvalue weighted by molar-refractivity contribution is -0.122. The summed E-state index contributed by atoms with van der Waals surface area (Å²) in [6.45, 7) is 10.4. The predicted molar refractivity (Wildman–Crippen MR) is 102 cm³/mol. The third kappa shape index (κ3) is 5.81. The van der Waals surface area contributed by atoms with Gasteiger partial charge in [-0.05, 0) is 36.5 Å². The summed E-state index contributed by atoms with van der Waals surface area (Å²) in [5, 5.41) is 12.4. The van der Waals surface area contributed by atoms with E-state index in [-0.39, 0.29) is 11.3 Å². The van der Waals surface area contributed by atoms with Crippen LogP contribution in [0.2, 0.25) is 0 Å². The van der Waals surface area contributed by atoms with Gasteiger partial charge >= 0.3 is 0 Å². The maximum absolute atomic E-state index is 12.3. The third-order valence-corrected chi connectivity index (χ3v) is 4.74. The largest absolute Gasteiger partial charge is 0.481 e. The molecule has 1 aromatic carbocycles. The van der Waals surface area contributed by atoms with Crippen molar-refractivity contribution in [2.75, 3.05) is 5.32 Å². The number of benzene rings is 1. The van der Waals surface area contributed by atoms with Gasteiger partial charge in [0.2, 0.25) is 5.13 Å². The number of hydrogen-bond donors (Lipinski definition) is 1. The minimum absolute atomic E-state index is 0.0921. The Morgan fingerprint density at radius 1 is 1.24 bits per heavy atom. The molecular weight excluding hydrogens is 334 g/mol. The molecule has 1 aromatic heterocycles. The van der Waals surface area contributed by atoms with Crippen LogP contribution < -0.4 is 10.1 Å². The Hall–Kier alpha value is -1.95. The van der Waals surface area contributed by atoms with E-state index in [1.54, 1.807) is 6.92 Å². The molecule has 0 bridgehead atoms. The molecule has 136 valence electrons. The fourth-order valence-corrected chi connectivity index (χ4v) is 3.02. The van der Waals surface area contributed by atoms with Gasteiger partial charge < -0.3 is 4.74 Å². The zero-order valence-corrected chi connectivity index (χ0v) is 16.4. The number of anilines is 1. The summed E-state index contributed by atoms with van der Waals surface area (Å²) in [5.41, 5.74) is 1.32. The molecule has 2 aromatic rings. The number of rotatable bonds is 7. The first-order valence-electron chi connectivity index (χ1n) is 8.70. The first-order valence-corrected chi connectivity index (χ1v) is 9.51. The number of nitrogens with one attached hydrogen (secondary N) is 1. The smallest absolute Gasteiger partial charge is 0.266 e. The molecule has 1 heterocycles. The topological polar surface area (TPSA) is 64.1 Å². The summed E-state index contributed by atoms with van der Waals surface area (Å²) in [6.07, 6.45) is 2.48. The van der Waals surface area contributed by atoms with Crippen LogP contribution in [-0.2, 0) is 16.6 Å². The number of unbranched alkanes of at least 4 members (excludes halogenated alkanes) is 1. The van der Waals surface area contributed by atoms with Crippen LogP contribution in [0.4, 0.5) is 5.13 Å². The SMILES string of the molecule is CCCCc1nnc(NC(=O)C(C)Oc2ccc(C(C)(C)C)cc2)s1. The summed E-state index contributed by atoms with van der Waals surface area (Å²) in [5.74, 6) is 0.453. The fourth-order valence-electron chi connectivity index (χ4n) is 2.23. The summed E-state index contributed by atoms with van der Waals surface area (Å²) in [6, 6.07) is 7.87. The normalized spacial score (nSPS) is 12.7. The van der Waals surface area contributed by atoms with Gasteiger partial charge in [0.25, 0.3) is 5.91 Å². The first kappa shape index (κ1) is 19.4. The molecular formula is C19H27N3O2S. The molecule has 25 heavy (non-hydrogen) atoms. The Morgan fingerprint density at radius 3 is 2.52 bits per heavy atom. The van der Waals surface area contributed by atoms with Crippen molar-refractivity contribution in [2.24, 2.45) is 0 Å². The number of carbonyl (C=O) groups is 1. The van der Waals surface area contributed by atoms with Crippen LogP contribution in [0, 0.1) is 0 Å². The molecule has 1 atom stereocenters. The highest BCUT2D eigenvalue weighted by molar-refractivity contribution is 7.15. The second kappa shape index (κ2) is 8.43. The minimum Gasteiger partial charge on any atom is -0.481 e. The molecule has 1 unspecified atom stereocenters. The van der Waals surface area contributed by atoms with Crippen LogP contribution in [0.5, 0.6) is 5.75 Å². The molecule has 5 nitrogen and oxygen atoms in total. The molecule has 0 spiro atoms. The molecule has 0 aliphatic rings. The zero-order valence-electron chi connectivity index (χ0n) is 15.6. The van der Waals surface area contributed by atoms with Crippen LogP contribution in [-0.4, -0.2) is 22.2 Å². The van der Waals surface area contributed by atoms with E-state index >= 15 is 0 Å². The summed E-state index contributed by atoms with van der Waals surface area (Å²) >= 11 is 1.42. The number of ether oxygens (including phenoxy) is 1. The molecule has 0 saturated heterocycles. The van der Waals surface area contributed by atoms with Gasteiger partial charge in [-0.2, -0.15) is 0 Å². The summed E-state index contributed by atoms with van der Waals surface area (Å²) in [4.78, 5) is 12.3. The van der Waals surface area contributed by atoms with Crippen molar-refractivity contribution in [1.82, 2.24) is 10.2 Å². The average Bonchev–Trinajstić information content (AvgIpc) is 3.00. The zero-order chi connectivity index (χ0) is 18.4. The molecule has 1 amide bonds. The molecule has 1 N–H and O–H groups in total. The number of nitrogens with zero attached hydrogens (tertiary/aromatic N) is 2. The summed E-state index contributed by atoms with van der Waals surface area (Å²) in [7, 11) is 0. The Kier molecular flexibility index (Phi) is 6.53. The Bertz CT molecular complexity index is 689. The molecule has 6 heteroatoms. The van der Waals surface area contributed by atoms with Gasteiger partial charge in [0.05, 0.1) is 0 Å². The number of aryl methyl sites for hydroxylation is 1. The molecule has 0 saturated carbocycles. The van der Waals surface area contributed by atoms with E-state index in [0.717, 1.165) is 24.3 Å². The van der Waals surface area contributed by atoms with Crippen molar-refractivity contribution < 1.29 is 9.53 Å². The van der Waals surface area contributed by atoms with Gasteiger partial charge in [0, 0.05) is 6.42 Å². The van der Waals surface area contributed by atoms with Gasteiger partial charge in [-0.25, -0.2) is 0 Å². The maximum atomic E-state index is 12.3.